The van der Waals surface area contributed by atoms with Gasteiger partial charge in [0.1, 0.15) is 23.3 Å². The van der Waals surface area contributed by atoms with E-state index in [2.05, 4.69) is 0 Å². The summed E-state index contributed by atoms with van der Waals surface area (Å²) in [5.41, 5.74) is 2.59. The van der Waals surface area contributed by atoms with Gasteiger partial charge in [0.2, 0.25) is 0 Å². The van der Waals surface area contributed by atoms with Crippen LogP contribution in [-0.2, 0) is 22.3 Å². The number of carboxylic acid groups (broad SMARTS) is 1. The van der Waals surface area contributed by atoms with Crippen molar-refractivity contribution in [2.45, 2.75) is 37.1 Å². The fourth-order valence-electron chi connectivity index (χ4n) is 4.35. The van der Waals surface area contributed by atoms with Crippen molar-refractivity contribution in [3.05, 3.63) is 64.6 Å². The molecule has 0 amide bonds. The number of benzene rings is 2. The Bertz CT molecular complexity index is 1120. The Morgan fingerprint density at radius 3 is 2.50 bits per heavy atom. The molecule has 4 rings (SSSR count). The first-order valence-electron chi connectivity index (χ1n) is 9.77. The van der Waals surface area contributed by atoms with Gasteiger partial charge in [0.15, 0.2) is 0 Å². The van der Waals surface area contributed by atoms with Gasteiger partial charge in [0.25, 0.3) is 0 Å². The second-order valence-electron chi connectivity index (χ2n) is 7.55. The number of carbonyl (C=O) groups is 1. The third kappa shape index (κ3) is 4.02. The van der Waals surface area contributed by atoms with E-state index in [1.807, 2.05) is 11.2 Å². The van der Waals surface area contributed by atoms with Crippen LogP contribution in [-0.4, -0.2) is 37.2 Å². The van der Waals surface area contributed by atoms with Crippen LogP contribution in [0, 0.1) is 12.7 Å². The standard InChI is InChI=1S/C22H22ClFN2O3S/c1-14-22(19-12-17(24)4-7-20(19)26(14)13-21(27)28)15-8-10-25(11-9-15)30(29)18-5-2-16(23)3-6-18/h2-7,12,15H,8-11,13H2,1H3,(H,27,28). The molecule has 1 N–H and O–H groups in total. The van der Waals surface area contributed by atoms with Crippen LogP contribution in [0.15, 0.2) is 47.4 Å². The lowest BCUT2D eigenvalue weighted by molar-refractivity contribution is -0.137. The van der Waals surface area contributed by atoms with Gasteiger partial charge in [-0.3, -0.25) is 4.79 Å². The summed E-state index contributed by atoms with van der Waals surface area (Å²) in [4.78, 5) is 12.1. The zero-order valence-electron chi connectivity index (χ0n) is 16.5. The molecule has 2 aromatic carbocycles. The monoisotopic (exact) mass is 448 g/mol. The number of halogens is 2. The van der Waals surface area contributed by atoms with E-state index in [4.69, 9.17) is 11.6 Å². The number of piperidine rings is 1. The molecule has 1 atom stereocenters. The SMILES string of the molecule is Cc1c(C2CCN(S(=O)c3ccc(Cl)cc3)CC2)c2cc(F)ccc2n1CC(=O)O. The number of fused-ring (bicyclic) bond motifs is 1. The molecular formula is C22H22ClFN2O3S. The Balaban J connectivity index is 1.59. The van der Waals surface area contributed by atoms with Crippen molar-refractivity contribution in [2.75, 3.05) is 13.1 Å². The largest absolute Gasteiger partial charge is 0.480 e. The Morgan fingerprint density at radius 1 is 1.20 bits per heavy atom. The first kappa shape index (κ1) is 21.0. The molecule has 0 bridgehead atoms. The Labute approximate surface area is 181 Å². The molecule has 5 nitrogen and oxygen atoms in total. The highest BCUT2D eigenvalue weighted by Gasteiger charge is 2.29. The summed E-state index contributed by atoms with van der Waals surface area (Å²) >= 11 is 5.92. The minimum atomic E-state index is -1.26. The number of hydrogen-bond donors (Lipinski definition) is 1. The summed E-state index contributed by atoms with van der Waals surface area (Å²) in [5, 5.41) is 10.7. The van der Waals surface area contributed by atoms with E-state index in [0.717, 1.165) is 35.0 Å². The lowest BCUT2D eigenvalue weighted by Crippen LogP contribution is -2.34. The van der Waals surface area contributed by atoms with Gasteiger partial charge in [0, 0.05) is 34.7 Å². The molecular weight excluding hydrogens is 427 g/mol. The van der Waals surface area contributed by atoms with Crippen molar-refractivity contribution in [1.29, 1.82) is 0 Å². The molecule has 0 aliphatic carbocycles. The summed E-state index contributed by atoms with van der Waals surface area (Å²) in [6.45, 7) is 3.02. The van der Waals surface area contributed by atoms with Crippen molar-refractivity contribution in [2.24, 2.45) is 0 Å². The van der Waals surface area contributed by atoms with E-state index in [9.17, 15) is 18.5 Å². The lowest BCUT2D eigenvalue weighted by atomic mass is 9.88. The van der Waals surface area contributed by atoms with Crippen LogP contribution in [0.1, 0.15) is 30.0 Å². The predicted octanol–water partition coefficient (Wildman–Crippen LogP) is 4.73. The van der Waals surface area contributed by atoms with Gasteiger partial charge in [-0.25, -0.2) is 12.9 Å². The van der Waals surface area contributed by atoms with E-state index in [1.165, 1.54) is 12.1 Å². The Morgan fingerprint density at radius 2 is 1.87 bits per heavy atom. The Kier molecular flexibility index (Phi) is 5.95. The molecule has 1 saturated heterocycles. The van der Waals surface area contributed by atoms with Crippen LogP contribution in [0.3, 0.4) is 0 Å². The molecule has 158 valence electrons. The van der Waals surface area contributed by atoms with Gasteiger partial charge in [-0.2, -0.15) is 0 Å². The Hall–Kier alpha value is -2.22. The molecule has 1 aromatic heterocycles. The number of hydrogen-bond acceptors (Lipinski definition) is 2. The summed E-state index contributed by atoms with van der Waals surface area (Å²) in [5.74, 6) is -1.11. The van der Waals surface area contributed by atoms with Crippen LogP contribution in [0.4, 0.5) is 4.39 Å². The summed E-state index contributed by atoms with van der Waals surface area (Å²) in [6.07, 6.45) is 1.53. The third-order valence-electron chi connectivity index (χ3n) is 5.74. The molecule has 1 aliphatic heterocycles. The van der Waals surface area contributed by atoms with Crippen molar-refractivity contribution >= 4 is 39.5 Å². The molecule has 0 saturated carbocycles. The predicted molar refractivity (Wildman–Crippen MR) is 116 cm³/mol. The second kappa shape index (κ2) is 8.49. The molecule has 3 aromatic rings. The summed E-state index contributed by atoms with van der Waals surface area (Å²) < 4.78 is 30.5. The van der Waals surface area contributed by atoms with E-state index in [1.54, 1.807) is 34.9 Å². The number of aliphatic carboxylic acids is 1. The van der Waals surface area contributed by atoms with Gasteiger partial charge < -0.3 is 9.67 Å². The van der Waals surface area contributed by atoms with E-state index >= 15 is 0 Å². The van der Waals surface area contributed by atoms with Crippen LogP contribution in [0.2, 0.25) is 5.02 Å². The van der Waals surface area contributed by atoms with Gasteiger partial charge in [-0.15, -0.1) is 0 Å². The lowest BCUT2D eigenvalue weighted by Gasteiger charge is -2.31. The van der Waals surface area contributed by atoms with Gasteiger partial charge in [-0.1, -0.05) is 11.6 Å². The normalized spacial score (nSPS) is 16.8. The smallest absolute Gasteiger partial charge is 0.323 e. The van der Waals surface area contributed by atoms with Gasteiger partial charge >= 0.3 is 5.97 Å². The van der Waals surface area contributed by atoms with Crippen LogP contribution < -0.4 is 0 Å². The minimum absolute atomic E-state index is 0.155. The van der Waals surface area contributed by atoms with E-state index in [0.29, 0.717) is 23.0 Å². The fraction of sp³-hybridized carbons (Fsp3) is 0.318. The summed E-state index contributed by atoms with van der Waals surface area (Å²) in [7, 11) is -1.26. The van der Waals surface area contributed by atoms with E-state index < -0.39 is 17.0 Å². The molecule has 1 unspecified atom stereocenters. The van der Waals surface area contributed by atoms with Crippen molar-refractivity contribution in [3.63, 3.8) is 0 Å². The fourth-order valence-corrected chi connectivity index (χ4v) is 5.68. The number of nitrogens with zero attached hydrogens (tertiary/aromatic N) is 2. The zero-order chi connectivity index (χ0) is 21.4. The van der Waals surface area contributed by atoms with Crippen LogP contribution in [0.25, 0.3) is 10.9 Å². The van der Waals surface area contributed by atoms with Gasteiger partial charge in [0.05, 0.1) is 4.90 Å². The van der Waals surface area contributed by atoms with Crippen molar-refractivity contribution < 1.29 is 18.5 Å². The average Bonchev–Trinajstić information content (AvgIpc) is 2.98. The van der Waals surface area contributed by atoms with Gasteiger partial charge in [-0.05, 0) is 73.7 Å². The number of rotatable bonds is 5. The van der Waals surface area contributed by atoms with E-state index in [-0.39, 0.29) is 18.3 Å². The third-order valence-corrected chi connectivity index (χ3v) is 7.50. The number of carboxylic acids is 1. The molecule has 0 spiro atoms. The maximum Gasteiger partial charge on any atom is 0.323 e. The molecule has 1 fully saturated rings. The highest BCUT2D eigenvalue weighted by molar-refractivity contribution is 7.82. The first-order valence-corrected chi connectivity index (χ1v) is 11.3. The quantitative estimate of drug-likeness (QED) is 0.613. The average molecular weight is 449 g/mol. The van der Waals surface area contributed by atoms with Crippen LogP contribution in [0.5, 0.6) is 0 Å². The molecule has 0 radical (unpaired) electrons. The zero-order valence-corrected chi connectivity index (χ0v) is 18.0. The second-order valence-corrected chi connectivity index (χ2v) is 9.47. The highest BCUT2D eigenvalue weighted by Crippen LogP contribution is 2.38. The maximum absolute atomic E-state index is 14.0. The highest BCUT2D eigenvalue weighted by atomic mass is 35.5. The first-order chi connectivity index (χ1) is 14.3. The van der Waals surface area contributed by atoms with Crippen molar-refractivity contribution in [3.8, 4) is 0 Å². The maximum atomic E-state index is 14.0. The molecule has 1 aliphatic rings. The molecule has 30 heavy (non-hydrogen) atoms. The summed E-state index contributed by atoms with van der Waals surface area (Å²) in [6, 6.07) is 11.5. The number of aromatic nitrogens is 1. The molecule has 8 heteroatoms. The minimum Gasteiger partial charge on any atom is -0.480 e. The van der Waals surface area contributed by atoms with Crippen LogP contribution >= 0.6 is 11.6 Å². The van der Waals surface area contributed by atoms with Crippen molar-refractivity contribution in [1.82, 2.24) is 8.87 Å². The molecule has 2 heterocycles. The topological polar surface area (TPSA) is 62.5 Å².